The van der Waals surface area contributed by atoms with Gasteiger partial charge in [0.05, 0.1) is 13.2 Å². The molecule has 1 fully saturated rings. The molecule has 1 aromatic heterocycles. The molecule has 0 amide bonds. The summed E-state index contributed by atoms with van der Waals surface area (Å²) in [6, 6.07) is 18.9. The number of aromatic nitrogens is 1. The van der Waals surface area contributed by atoms with Crippen LogP contribution in [0.25, 0.3) is 11.1 Å². The van der Waals surface area contributed by atoms with Crippen molar-refractivity contribution in [2.24, 2.45) is 0 Å². The molecule has 2 heterocycles. The second kappa shape index (κ2) is 10.4. The SMILES string of the molecule is O=C(CCc1cccc(F)c1)Cc1ccc(-c2ccc(CN3CCOCC3)cc2)cn1. The fourth-order valence-corrected chi connectivity index (χ4v) is 3.79. The van der Waals surface area contributed by atoms with Gasteiger partial charge in [0, 0.05) is 49.9 Å². The normalized spacial score (nSPS) is 14.5. The third-order valence-electron chi connectivity index (χ3n) is 5.58. The van der Waals surface area contributed by atoms with Crippen LogP contribution in [0, 0.1) is 5.82 Å². The zero-order chi connectivity index (χ0) is 21.5. The molecule has 4 nitrogen and oxygen atoms in total. The minimum atomic E-state index is -0.267. The predicted octanol–water partition coefficient (Wildman–Crippen LogP) is 4.46. The monoisotopic (exact) mass is 418 g/mol. The molecule has 0 spiro atoms. The summed E-state index contributed by atoms with van der Waals surface area (Å²) in [5, 5.41) is 0. The first kappa shape index (κ1) is 21.3. The topological polar surface area (TPSA) is 42.4 Å². The first-order valence-corrected chi connectivity index (χ1v) is 10.8. The number of benzene rings is 2. The van der Waals surface area contributed by atoms with E-state index < -0.39 is 0 Å². The molecule has 0 N–H and O–H groups in total. The summed E-state index contributed by atoms with van der Waals surface area (Å²) in [5.41, 5.74) is 5.04. The number of hydrogen-bond donors (Lipinski definition) is 0. The van der Waals surface area contributed by atoms with Crippen LogP contribution in [-0.2, 0) is 28.9 Å². The number of nitrogens with zero attached hydrogens (tertiary/aromatic N) is 2. The quantitative estimate of drug-likeness (QED) is 0.542. The van der Waals surface area contributed by atoms with Gasteiger partial charge < -0.3 is 4.74 Å². The van der Waals surface area contributed by atoms with E-state index in [2.05, 4.69) is 34.1 Å². The van der Waals surface area contributed by atoms with Gasteiger partial charge in [0.15, 0.2) is 0 Å². The zero-order valence-corrected chi connectivity index (χ0v) is 17.6. The van der Waals surface area contributed by atoms with Crippen LogP contribution in [0.2, 0.25) is 0 Å². The maximum atomic E-state index is 13.2. The average molecular weight is 419 g/mol. The highest BCUT2D eigenvalue weighted by Crippen LogP contribution is 2.20. The highest BCUT2D eigenvalue weighted by Gasteiger charge is 2.11. The Hall–Kier alpha value is -2.89. The molecule has 1 saturated heterocycles. The number of Topliss-reactive ketones (excluding diaryl/α,β-unsaturated/α-hetero) is 1. The maximum absolute atomic E-state index is 13.2. The van der Waals surface area contributed by atoms with Crippen LogP contribution in [0.1, 0.15) is 23.2 Å². The fourth-order valence-electron chi connectivity index (χ4n) is 3.79. The molecule has 0 aliphatic carbocycles. The van der Waals surface area contributed by atoms with Gasteiger partial charge in [-0.25, -0.2) is 4.39 Å². The molecule has 0 atom stereocenters. The summed E-state index contributed by atoms with van der Waals surface area (Å²) in [5.74, 6) is -0.159. The highest BCUT2D eigenvalue weighted by atomic mass is 19.1. The van der Waals surface area contributed by atoms with Crippen molar-refractivity contribution in [3.05, 3.63) is 89.5 Å². The molecule has 3 aromatic rings. The largest absolute Gasteiger partial charge is 0.379 e. The third kappa shape index (κ3) is 6.29. The second-order valence-electron chi connectivity index (χ2n) is 7.97. The van der Waals surface area contributed by atoms with Crippen molar-refractivity contribution in [1.29, 1.82) is 0 Å². The van der Waals surface area contributed by atoms with Gasteiger partial charge in [-0.3, -0.25) is 14.7 Å². The Morgan fingerprint density at radius 2 is 1.74 bits per heavy atom. The van der Waals surface area contributed by atoms with Crippen LogP contribution < -0.4 is 0 Å². The van der Waals surface area contributed by atoms with Gasteiger partial charge in [0.25, 0.3) is 0 Å². The molecule has 1 aliphatic heterocycles. The van der Waals surface area contributed by atoms with Crippen LogP contribution in [0.5, 0.6) is 0 Å². The van der Waals surface area contributed by atoms with Gasteiger partial charge in [-0.2, -0.15) is 0 Å². The van der Waals surface area contributed by atoms with E-state index in [0.717, 1.165) is 55.2 Å². The molecule has 160 valence electrons. The van der Waals surface area contributed by atoms with E-state index in [9.17, 15) is 9.18 Å². The Kier molecular flexibility index (Phi) is 7.18. The van der Waals surface area contributed by atoms with E-state index in [1.54, 1.807) is 6.07 Å². The molecule has 0 bridgehead atoms. The number of rotatable bonds is 8. The molecule has 4 rings (SSSR count). The lowest BCUT2D eigenvalue weighted by atomic mass is 10.0. The lowest BCUT2D eigenvalue weighted by Crippen LogP contribution is -2.35. The van der Waals surface area contributed by atoms with Crippen molar-refractivity contribution < 1.29 is 13.9 Å². The summed E-state index contributed by atoms with van der Waals surface area (Å²) >= 11 is 0. The maximum Gasteiger partial charge on any atom is 0.139 e. The van der Waals surface area contributed by atoms with Crippen molar-refractivity contribution in [2.75, 3.05) is 26.3 Å². The zero-order valence-electron chi connectivity index (χ0n) is 17.6. The Balaban J connectivity index is 1.29. The summed E-state index contributed by atoms with van der Waals surface area (Å²) in [6.45, 7) is 4.52. The molecule has 0 unspecified atom stereocenters. The molecule has 5 heteroatoms. The van der Waals surface area contributed by atoms with Crippen LogP contribution in [0.15, 0.2) is 66.9 Å². The minimum Gasteiger partial charge on any atom is -0.379 e. The molecular formula is C26H27FN2O2. The van der Waals surface area contributed by atoms with Gasteiger partial charge in [0.2, 0.25) is 0 Å². The number of carbonyl (C=O) groups excluding carboxylic acids is 1. The van der Waals surface area contributed by atoms with Gasteiger partial charge in [-0.1, -0.05) is 42.5 Å². The lowest BCUT2D eigenvalue weighted by Gasteiger charge is -2.26. The van der Waals surface area contributed by atoms with Crippen molar-refractivity contribution in [3.63, 3.8) is 0 Å². The Morgan fingerprint density at radius 3 is 2.45 bits per heavy atom. The molecular weight excluding hydrogens is 391 g/mol. The third-order valence-corrected chi connectivity index (χ3v) is 5.58. The number of pyridine rings is 1. The number of aryl methyl sites for hydroxylation is 1. The smallest absolute Gasteiger partial charge is 0.139 e. The number of halogens is 1. The number of hydrogen-bond acceptors (Lipinski definition) is 4. The predicted molar refractivity (Wildman–Crippen MR) is 119 cm³/mol. The first-order chi connectivity index (χ1) is 15.2. The lowest BCUT2D eigenvalue weighted by molar-refractivity contribution is -0.118. The van der Waals surface area contributed by atoms with E-state index in [1.165, 1.54) is 17.7 Å². The summed E-state index contributed by atoms with van der Waals surface area (Å²) in [4.78, 5) is 19.2. The first-order valence-electron chi connectivity index (χ1n) is 10.8. The molecule has 1 aliphatic rings. The van der Waals surface area contributed by atoms with E-state index in [4.69, 9.17) is 4.74 Å². The van der Waals surface area contributed by atoms with Crippen LogP contribution in [0.3, 0.4) is 0 Å². The Labute approximate surface area is 182 Å². The summed E-state index contributed by atoms with van der Waals surface area (Å²) in [6.07, 6.45) is 3.06. The Morgan fingerprint density at radius 1 is 0.968 bits per heavy atom. The number of morpholine rings is 1. The van der Waals surface area contributed by atoms with Gasteiger partial charge >= 0.3 is 0 Å². The molecule has 31 heavy (non-hydrogen) atoms. The Bertz CT molecular complexity index is 997. The van der Waals surface area contributed by atoms with E-state index >= 15 is 0 Å². The molecule has 2 aromatic carbocycles. The van der Waals surface area contributed by atoms with Crippen molar-refractivity contribution in [3.8, 4) is 11.1 Å². The van der Waals surface area contributed by atoms with Crippen molar-refractivity contribution in [1.82, 2.24) is 9.88 Å². The van der Waals surface area contributed by atoms with E-state index in [-0.39, 0.29) is 11.6 Å². The standard InChI is InChI=1S/C26H27FN2O2/c27-24-3-1-2-20(16-24)6-11-26(30)17-25-10-9-23(18-28-25)22-7-4-21(5-8-22)19-29-12-14-31-15-13-29/h1-5,7-10,16,18H,6,11-15,17,19H2. The highest BCUT2D eigenvalue weighted by molar-refractivity contribution is 5.80. The average Bonchev–Trinajstić information content (AvgIpc) is 2.80. The van der Waals surface area contributed by atoms with E-state index in [0.29, 0.717) is 19.3 Å². The van der Waals surface area contributed by atoms with Crippen LogP contribution in [0.4, 0.5) is 4.39 Å². The van der Waals surface area contributed by atoms with Crippen LogP contribution >= 0.6 is 0 Å². The number of ether oxygens (including phenoxy) is 1. The molecule has 0 radical (unpaired) electrons. The van der Waals surface area contributed by atoms with E-state index in [1.807, 2.05) is 24.4 Å². The van der Waals surface area contributed by atoms with Crippen molar-refractivity contribution >= 4 is 5.78 Å². The minimum absolute atomic E-state index is 0.108. The fraction of sp³-hybridized carbons (Fsp3) is 0.308. The number of carbonyl (C=O) groups is 1. The number of ketones is 1. The van der Waals surface area contributed by atoms with Gasteiger partial charge in [-0.15, -0.1) is 0 Å². The van der Waals surface area contributed by atoms with Gasteiger partial charge in [0.1, 0.15) is 11.6 Å². The molecule has 0 saturated carbocycles. The summed E-state index contributed by atoms with van der Waals surface area (Å²) in [7, 11) is 0. The van der Waals surface area contributed by atoms with Gasteiger partial charge in [-0.05, 0) is 41.3 Å². The second-order valence-corrected chi connectivity index (χ2v) is 7.97. The van der Waals surface area contributed by atoms with Crippen molar-refractivity contribution in [2.45, 2.75) is 25.8 Å². The summed E-state index contributed by atoms with van der Waals surface area (Å²) < 4.78 is 18.6. The van der Waals surface area contributed by atoms with Crippen LogP contribution in [-0.4, -0.2) is 42.0 Å².